The van der Waals surface area contributed by atoms with Crippen molar-refractivity contribution in [3.8, 4) is 0 Å². The molecule has 1 saturated heterocycles. The molecule has 35 heavy (non-hydrogen) atoms. The molecule has 0 saturated carbocycles. The van der Waals surface area contributed by atoms with Crippen molar-refractivity contribution < 1.29 is 27.6 Å². The number of hydrogen-bond donors (Lipinski definition) is 5. The van der Waals surface area contributed by atoms with Crippen LogP contribution in [0.2, 0.25) is 5.02 Å². The number of anilines is 2. The predicted molar refractivity (Wildman–Crippen MR) is 125 cm³/mol. The van der Waals surface area contributed by atoms with Crippen LogP contribution in [0.5, 0.6) is 0 Å². The van der Waals surface area contributed by atoms with Gasteiger partial charge in [0.2, 0.25) is 5.91 Å². The van der Waals surface area contributed by atoms with E-state index in [-0.39, 0.29) is 17.3 Å². The number of carbonyl (C=O) groups excluding carboxylic acids is 3. The summed E-state index contributed by atoms with van der Waals surface area (Å²) in [7, 11) is 0. The lowest BCUT2D eigenvalue weighted by molar-refractivity contribution is -0.137. The third-order valence-corrected chi connectivity index (χ3v) is 5.70. The van der Waals surface area contributed by atoms with E-state index in [0.29, 0.717) is 42.8 Å². The first-order valence-corrected chi connectivity index (χ1v) is 10.9. The van der Waals surface area contributed by atoms with E-state index in [0.717, 1.165) is 17.7 Å². The second kappa shape index (κ2) is 10.8. The number of alkyl halides is 3. The second-order valence-electron chi connectivity index (χ2n) is 8.07. The van der Waals surface area contributed by atoms with Crippen LogP contribution in [0.15, 0.2) is 36.4 Å². The van der Waals surface area contributed by atoms with Crippen molar-refractivity contribution in [2.75, 3.05) is 30.7 Å². The molecule has 4 amide bonds. The zero-order chi connectivity index (χ0) is 25.8. The van der Waals surface area contributed by atoms with Crippen LogP contribution in [-0.2, 0) is 17.5 Å². The van der Waals surface area contributed by atoms with Gasteiger partial charge in [0.15, 0.2) is 0 Å². The molecule has 9 nitrogen and oxygen atoms in total. The molecular weight excluding hydrogens is 489 g/mol. The highest BCUT2D eigenvalue weighted by atomic mass is 35.5. The number of rotatable bonds is 7. The van der Waals surface area contributed by atoms with Gasteiger partial charge in [-0.15, -0.1) is 0 Å². The Balaban J connectivity index is 1.49. The van der Waals surface area contributed by atoms with Crippen molar-refractivity contribution in [3.63, 3.8) is 0 Å². The number of carbonyl (C=O) groups is 3. The number of amides is 4. The van der Waals surface area contributed by atoms with E-state index in [1.54, 1.807) is 12.1 Å². The van der Waals surface area contributed by atoms with Gasteiger partial charge in [-0.25, -0.2) is 4.79 Å². The lowest BCUT2D eigenvalue weighted by atomic mass is 10.1. The average Bonchev–Trinajstić information content (AvgIpc) is 3.20. The number of primary amides is 1. The summed E-state index contributed by atoms with van der Waals surface area (Å²) in [6.07, 6.45) is -3.96. The molecule has 1 unspecified atom stereocenters. The van der Waals surface area contributed by atoms with Crippen LogP contribution in [0.1, 0.15) is 27.9 Å². The summed E-state index contributed by atoms with van der Waals surface area (Å²) < 4.78 is 38.7. The van der Waals surface area contributed by atoms with Gasteiger partial charge in [0.25, 0.3) is 5.91 Å². The summed E-state index contributed by atoms with van der Waals surface area (Å²) in [6.45, 7) is 1.37. The lowest BCUT2D eigenvalue weighted by Crippen LogP contribution is -2.43. The number of hydrogen-bond acceptors (Lipinski definition) is 5. The molecular formula is C22H24ClF3N6O3. The van der Waals surface area contributed by atoms with Gasteiger partial charge in [-0.05, 0) is 42.3 Å². The van der Waals surface area contributed by atoms with Crippen molar-refractivity contribution in [2.24, 2.45) is 5.73 Å². The number of nitrogens with one attached hydrogen (secondary N) is 3. The maximum Gasteiger partial charge on any atom is 0.416 e. The normalized spacial score (nSPS) is 16.1. The Kier molecular flexibility index (Phi) is 8.07. The van der Waals surface area contributed by atoms with Crippen LogP contribution in [0.3, 0.4) is 0 Å². The number of urea groups is 1. The Morgan fingerprint density at radius 1 is 1.14 bits per heavy atom. The molecule has 0 aliphatic carbocycles. The van der Waals surface area contributed by atoms with Crippen molar-refractivity contribution in [2.45, 2.75) is 25.2 Å². The highest BCUT2D eigenvalue weighted by molar-refractivity contribution is 6.33. The van der Waals surface area contributed by atoms with Crippen LogP contribution < -0.4 is 27.4 Å². The van der Waals surface area contributed by atoms with Crippen LogP contribution in [-0.4, -0.2) is 48.4 Å². The molecule has 0 bridgehead atoms. The minimum atomic E-state index is -4.62. The SMILES string of the molecule is NC(=O)Nc1cc(CN2CCC(NC(=O)CNC(=O)c3cc(C(F)(F)F)ccc3N)C2)ccc1Cl. The minimum Gasteiger partial charge on any atom is -0.398 e. The molecule has 2 aromatic rings. The van der Waals surface area contributed by atoms with Crippen LogP contribution in [0.25, 0.3) is 0 Å². The van der Waals surface area contributed by atoms with Crippen molar-refractivity contribution in [1.29, 1.82) is 0 Å². The predicted octanol–water partition coefficient (Wildman–Crippen LogP) is 2.55. The molecule has 0 radical (unpaired) electrons. The van der Waals surface area contributed by atoms with Crippen LogP contribution in [0, 0.1) is 0 Å². The van der Waals surface area contributed by atoms with Gasteiger partial charge < -0.3 is 27.4 Å². The molecule has 1 fully saturated rings. The van der Waals surface area contributed by atoms with Gasteiger partial charge in [0, 0.05) is 31.4 Å². The molecule has 1 heterocycles. The number of benzene rings is 2. The zero-order valence-electron chi connectivity index (χ0n) is 18.4. The summed E-state index contributed by atoms with van der Waals surface area (Å²) >= 11 is 6.05. The molecule has 1 atom stereocenters. The van der Waals surface area contributed by atoms with Crippen LogP contribution >= 0.6 is 11.6 Å². The summed E-state index contributed by atoms with van der Waals surface area (Å²) in [5, 5.41) is 7.91. The highest BCUT2D eigenvalue weighted by Crippen LogP contribution is 2.31. The standard InChI is InChI=1S/C22H24ClF3N6O3/c23-16-3-1-12(7-18(16)31-21(28)35)10-32-6-5-14(11-32)30-19(33)9-29-20(34)15-8-13(22(24,25)26)2-4-17(15)27/h1-4,7-8,14H,5-6,9-11,27H2,(H,29,34)(H,30,33)(H3,28,31,35). The Morgan fingerprint density at radius 2 is 1.89 bits per heavy atom. The largest absolute Gasteiger partial charge is 0.416 e. The second-order valence-corrected chi connectivity index (χ2v) is 8.48. The molecule has 0 spiro atoms. The molecule has 7 N–H and O–H groups in total. The fraction of sp³-hybridized carbons (Fsp3) is 0.318. The van der Waals surface area contributed by atoms with E-state index in [1.807, 2.05) is 6.07 Å². The number of nitrogens with zero attached hydrogens (tertiary/aromatic N) is 1. The van der Waals surface area contributed by atoms with E-state index in [2.05, 4.69) is 20.9 Å². The molecule has 3 rings (SSSR count). The average molecular weight is 513 g/mol. The third-order valence-electron chi connectivity index (χ3n) is 5.37. The van der Waals surface area contributed by atoms with E-state index in [9.17, 15) is 27.6 Å². The number of nitrogens with two attached hydrogens (primary N) is 2. The number of nitrogen functional groups attached to an aromatic ring is 1. The molecule has 0 aromatic heterocycles. The van der Waals surface area contributed by atoms with Crippen molar-refractivity contribution in [1.82, 2.24) is 15.5 Å². The molecule has 2 aromatic carbocycles. The highest BCUT2D eigenvalue weighted by Gasteiger charge is 2.31. The quantitative estimate of drug-likeness (QED) is 0.362. The van der Waals surface area contributed by atoms with Gasteiger partial charge in [0.05, 0.1) is 28.4 Å². The van der Waals surface area contributed by atoms with Crippen LogP contribution in [0.4, 0.5) is 29.3 Å². The molecule has 1 aliphatic heterocycles. The maximum atomic E-state index is 12.9. The van der Waals surface area contributed by atoms with E-state index in [4.69, 9.17) is 23.1 Å². The number of halogens is 4. The van der Waals surface area contributed by atoms with Gasteiger partial charge in [0.1, 0.15) is 0 Å². The molecule has 13 heteroatoms. The fourth-order valence-corrected chi connectivity index (χ4v) is 3.88. The summed E-state index contributed by atoms with van der Waals surface area (Å²) in [5.74, 6) is -1.35. The van der Waals surface area contributed by atoms with E-state index >= 15 is 0 Å². The lowest BCUT2D eigenvalue weighted by Gasteiger charge is -2.18. The first kappa shape index (κ1) is 26.1. The van der Waals surface area contributed by atoms with Crippen molar-refractivity contribution in [3.05, 3.63) is 58.1 Å². The van der Waals surface area contributed by atoms with Gasteiger partial charge in [-0.3, -0.25) is 14.5 Å². The molecule has 188 valence electrons. The van der Waals surface area contributed by atoms with E-state index < -0.39 is 36.1 Å². The van der Waals surface area contributed by atoms with Gasteiger partial charge in [-0.1, -0.05) is 17.7 Å². The monoisotopic (exact) mass is 512 g/mol. The first-order valence-electron chi connectivity index (χ1n) is 10.5. The Bertz CT molecular complexity index is 1130. The summed E-state index contributed by atoms with van der Waals surface area (Å²) in [6, 6.07) is 6.71. The first-order chi connectivity index (χ1) is 16.4. The zero-order valence-corrected chi connectivity index (χ0v) is 19.2. The minimum absolute atomic E-state index is 0.126. The summed E-state index contributed by atoms with van der Waals surface area (Å²) in [5.41, 5.74) is 10.6. The topological polar surface area (TPSA) is 143 Å². The Hall–Kier alpha value is -3.51. The van der Waals surface area contributed by atoms with E-state index in [1.165, 1.54) is 0 Å². The van der Waals surface area contributed by atoms with Crippen molar-refractivity contribution >= 4 is 40.8 Å². The maximum absolute atomic E-state index is 12.9. The Labute approximate surface area is 204 Å². The smallest absolute Gasteiger partial charge is 0.398 e. The summed E-state index contributed by atoms with van der Waals surface area (Å²) in [4.78, 5) is 37.7. The fourth-order valence-electron chi connectivity index (χ4n) is 3.72. The number of likely N-dealkylation sites (tertiary alicyclic amines) is 1. The Morgan fingerprint density at radius 3 is 2.57 bits per heavy atom. The molecule has 1 aliphatic rings. The third kappa shape index (κ3) is 7.23. The van der Waals surface area contributed by atoms with Gasteiger partial charge in [-0.2, -0.15) is 13.2 Å². The van der Waals surface area contributed by atoms with Gasteiger partial charge >= 0.3 is 12.2 Å².